The number of hydrogen-bond donors (Lipinski definition) is 0. The van der Waals surface area contributed by atoms with Gasteiger partial charge in [0.25, 0.3) is 0 Å². The quantitative estimate of drug-likeness (QED) is 0.687. The molecule has 1 nitrogen and oxygen atoms in total. The van der Waals surface area contributed by atoms with Gasteiger partial charge in [-0.1, -0.05) is 67.3 Å². The summed E-state index contributed by atoms with van der Waals surface area (Å²) in [6.07, 6.45) is 7.10. The Kier molecular flexibility index (Phi) is 4.47. The molecule has 0 saturated heterocycles. The van der Waals surface area contributed by atoms with Crippen LogP contribution in [0.25, 0.3) is 5.57 Å². The van der Waals surface area contributed by atoms with Crippen LogP contribution in [0, 0.1) is 6.92 Å². The van der Waals surface area contributed by atoms with Crippen LogP contribution in [0.4, 0.5) is 5.69 Å². The van der Waals surface area contributed by atoms with E-state index in [9.17, 15) is 0 Å². The third-order valence-electron chi connectivity index (χ3n) is 4.45. The SMILES string of the molecule is C=C/C=C\C1=C(CN(C)c2ccccc2C)Cc2ccccc21. The van der Waals surface area contributed by atoms with Crippen molar-refractivity contribution in [2.24, 2.45) is 0 Å². The molecule has 0 aromatic heterocycles. The number of allylic oxidation sites excluding steroid dienone is 4. The highest BCUT2D eigenvalue weighted by Gasteiger charge is 2.20. The van der Waals surface area contributed by atoms with E-state index in [4.69, 9.17) is 0 Å². The maximum absolute atomic E-state index is 3.80. The van der Waals surface area contributed by atoms with Crippen LogP contribution >= 0.6 is 0 Å². The van der Waals surface area contributed by atoms with Crippen molar-refractivity contribution >= 4 is 11.3 Å². The molecule has 1 aliphatic carbocycles. The Morgan fingerprint density at radius 2 is 1.83 bits per heavy atom. The maximum atomic E-state index is 3.80. The van der Waals surface area contributed by atoms with Crippen molar-refractivity contribution < 1.29 is 0 Å². The Morgan fingerprint density at radius 1 is 1.09 bits per heavy atom. The van der Waals surface area contributed by atoms with Crippen molar-refractivity contribution in [2.75, 3.05) is 18.5 Å². The van der Waals surface area contributed by atoms with Crippen molar-refractivity contribution in [3.8, 4) is 0 Å². The van der Waals surface area contributed by atoms with Crippen LogP contribution < -0.4 is 4.90 Å². The van der Waals surface area contributed by atoms with E-state index >= 15 is 0 Å². The Morgan fingerprint density at radius 3 is 2.61 bits per heavy atom. The summed E-state index contributed by atoms with van der Waals surface area (Å²) >= 11 is 0. The molecule has 3 rings (SSSR count). The minimum Gasteiger partial charge on any atom is -0.370 e. The molecule has 1 aliphatic rings. The van der Waals surface area contributed by atoms with Gasteiger partial charge >= 0.3 is 0 Å². The van der Waals surface area contributed by atoms with Crippen LogP contribution in [0.1, 0.15) is 16.7 Å². The number of benzene rings is 2. The number of para-hydroxylation sites is 1. The zero-order chi connectivity index (χ0) is 16.2. The summed E-state index contributed by atoms with van der Waals surface area (Å²) < 4.78 is 0. The molecule has 0 unspecified atom stereocenters. The van der Waals surface area contributed by atoms with Gasteiger partial charge in [0.2, 0.25) is 0 Å². The average molecular weight is 301 g/mol. The van der Waals surface area contributed by atoms with Crippen molar-refractivity contribution in [2.45, 2.75) is 13.3 Å². The first-order valence-corrected chi connectivity index (χ1v) is 8.07. The molecule has 2 aromatic carbocycles. The van der Waals surface area contributed by atoms with E-state index < -0.39 is 0 Å². The lowest BCUT2D eigenvalue weighted by Crippen LogP contribution is -2.21. The second-order valence-corrected chi connectivity index (χ2v) is 6.09. The zero-order valence-corrected chi connectivity index (χ0v) is 13.9. The average Bonchev–Trinajstić information content (AvgIpc) is 2.90. The van der Waals surface area contributed by atoms with Crippen molar-refractivity contribution in [3.63, 3.8) is 0 Å². The van der Waals surface area contributed by atoms with Crippen LogP contribution in [-0.4, -0.2) is 13.6 Å². The largest absolute Gasteiger partial charge is 0.370 e. The van der Waals surface area contributed by atoms with Gasteiger partial charge in [0.05, 0.1) is 0 Å². The number of nitrogens with zero attached hydrogens (tertiary/aromatic N) is 1. The fourth-order valence-electron chi connectivity index (χ4n) is 3.33. The van der Waals surface area contributed by atoms with Gasteiger partial charge in [0.15, 0.2) is 0 Å². The molecule has 23 heavy (non-hydrogen) atoms. The highest BCUT2D eigenvalue weighted by molar-refractivity contribution is 5.83. The summed E-state index contributed by atoms with van der Waals surface area (Å²) in [6.45, 7) is 6.91. The number of hydrogen-bond acceptors (Lipinski definition) is 1. The lowest BCUT2D eigenvalue weighted by atomic mass is 10.0. The number of likely N-dealkylation sites (N-methyl/N-ethyl adjacent to an activating group) is 1. The van der Waals surface area contributed by atoms with E-state index in [1.54, 1.807) is 0 Å². The Labute approximate surface area is 139 Å². The molecular formula is C22H23N. The fraction of sp³-hybridized carbons (Fsp3) is 0.182. The lowest BCUT2D eigenvalue weighted by Gasteiger charge is -2.22. The predicted octanol–water partition coefficient (Wildman–Crippen LogP) is 5.18. The summed E-state index contributed by atoms with van der Waals surface area (Å²) in [5.41, 5.74) is 8.21. The van der Waals surface area contributed by atoms with Crippen molar-refractivity contribution in [3.05, 3.63) is 95.6 Å². The van der Waals surface area contributed by atoms with E-state index in [-0.39, 0.29) is 0 Å². The standard InChI is InChI=1S/C22H23N/c1-4-5-12-21-19(15-18-11-7-8-13-20(18)21)16-23(3)22-14-9-6-10-17(22)2/h4-14H,1,15-16H2,2-3H3/b12-5-. The number of aryl methyl sites for hydroxylation is 1. The van der Waals surface area contributed by atoms with Crippen LogP contribution in [-0.2, 0) is 6.42 Å². The zero-order valence-electron chi connectivity index (χ0n) is 13.9. The number of rotatable bonds is 5. The van der Waals surface area contributed by atoms with Gasteiger partial charge in [0.1, 0.15) is 0 Å². The van der Waals surface area contributed by atoms with Gasteiger partial charge in [0, 0.05) is 19.3 Å². The van der Waals surface area contributed by atoms with Gasteiger partial charge in [-0.15, -0.1) is 0 Å². The molecule has 0 N–H and O–H groups in total. The number of anilines is 1. The van der Waals surface area contributed by atoms with Gasteiger partial charge in [-0.25, -0.2) is 0 Å². The third kappa shape index (κ3) is 3.14. The van der Waals surface area contributed by atoms with E-state index in [1.807, 2.05) is 12.2 Å². The van der Waals surface area contributed by atoms with Gasteiger partial charge < -0.3 is 4.90 Å². The fourth-order valence-corrected chi connectivity index (χ4v) is 3.33. The van der Waals surface area contributed by atoms with Crippen molar-refractivity contribution in [1.29, 1.82) is 0 Å². The molecule has 0 aliphatic heterocycles. The third-order valence-corrected chi connectivity index (χ3v) is 4.45. The molecule has 0 radical (unpaired) electrons. The molecule has 0 heterocycles. The lowest BCUT2D eigenvalue weighted by molar-refractivity contribution is 0.951. The second kappa shape index (κ2) is 6.70. The smallest absolute Gasteiger partial charge is 0.0398 e. The van der Waals surface area contributed by atoms with E-state index in [0.717, 1.165) is 13.0 Å². The summed E-state index contributed by atoms with van der Waals surface area (Å²) in [5.74, 6) is 0. The van der Waals surface area contributed by atoms with Crippen LogP contribution in [0.15, 0.2) is 78.9 Å². The molecule has 2 aromatic rings. The summed E-state index contributed by atoms with van der Waals surface area (Å²) in [7, 11) is 2.17. The molecule has 0 spiro atoms. The van der Waals surface area contributed by atoms with Gasteiger partial charge in [-0.2, -0.15) is 0 Å². The Balaban J connectivity index is 1.93. The van der Waals surface area contributed by atoms with E-state index in [1.165, 1.54) is 33.5 Å². The molecule has 1 heteroatoms. The van der Waals surface area contributed by atoms with Crippen LogP contribution in [0.3, 0.4) is 0 Å². The van der Waals surface area contributed by atoms with Gasteiger partial charge in [-0.3, -0.25) is 0 Å². The Hall–Kier alpha value is -2.54. The molecule has 0 bridgehead atoms. The molecule has 0 fully saturated rings. The summed E-state index contributed by atoms with van der Waals surface area (Å²) in [5, 5.41) is 0. The Bertz CT molecular complexity index is 780. The summed E-state index contributed by atoms with van der Waals surface area (Å²) in [4.78, 5) is 2.35. The minimum absolute atomic E-state index is 0.941. The highest BCUT2D eigenvalue weighted by Crippen LogP contribution is 2.34. The highest BCUT2D eigenvalue weighted by atomic mass is 15.1. The number of fused-ring (bicyclic) bond motifs is 1. The van der Waals surface area contributed by atoms with Crippen LogP contribution in [0.2, 0.25) is 0 Å². The van der Waals surface area contributed by atoms with E-state index in [2.05, 4.69) is 80.1 Å². The molecule has 116 valence electrons. The van der Waals surface area contributed by atoms with Crippen molar-refractivity contribution in [1.82, 2.24) is 0 Å². The normalized spacial score (nSPS) is 13.5. The molecule has 0 amide bonds. The van der Waals surface area contributed by atoms with Crippen LogP contribution in [0.5, 0.6) is 0 Å². The molecule has 0 atom stereocenters. The first-order chi connectivity index (χ1) is 11.2. The second-order valence-electron chi connectivity index (χ2n) is 6.09. The van der Waals surface area contributed by atoms with E-state index in [0.29, 0.717) is 0 Å². The minimum atomic E-state index is 0.941. The first kappa shape index (κ1) is 15.4. The predicted molar refractivity (Wildman–Crippen MR) is 101 cm³/mol. The molecular weight excluding hydrogens is 278 g/mol. The molecule has 0 saturated carbocycles. The first-order valence-electron chi connectivity index (χ1n) is 8.07. The summed E-state index contributed by atoms with van der Waals surface area (Å²) in [6, 6.07) is 17.3. The van der Waals surface area contributed by atoms with Gasteiger partial charge in [-0.05, 0) is 47.2 Å². The monoisotopic (exact) mass is 301 g/mol. The maximum Gasteiger partial charge on any atom is 0.0398 e. The topological polar surface area (TPSA) is 3.24 Å².